The monoisotopic (exact) mass is 638 g/mol. The van der Waals surface area contributed by atoms with E-state index in [9.17, 15) is 25.3 Å². The molecule has 34 heavy (non-hydrogen) atoms. The van der Waals surface area contributed by atoms with Crippen molar-refractivity contribution < 1.29 is 34.7 Å². The third-order valence-electron chi connectivity index (χ3n) is 4.47. The van der Waals surface area contributed by atoms with Crippen LogP contribution in [0.25, 0.3) is 0 Å². The summed E-state index contributed by atoms with van der Waals surface area (Å²) in [5.74, 6) is 0.644. The first kappa shape index (κ1) is 26.4. The number of hydrogen-bond donors (Lipinski definition) is 1. The van der Waals surface area contributed by atoms with Crippen molar-refractivity contribution in [3.63, 3.8) is 0 Å². The van der Waals surface area contributed by atoms with Crippen molar-refractivity contribution in [1.82, 2.24) is 8.65 Å². The maximum Gasteiger partial charge on any atom is 0.410 e. The van der Waals surface area contributed by atoms with Crippen molar-refractivity contribution in [3.8, 4) is 11.5 Å². The maximum atomic E-state index is 13.4. The predicted octanol–water partition coefficient (Wildman–Crippen LogP) is 2.42. The molecular weight excluding hydrogens is 619 g/mol. The Morgan fingerprint density at radius 3 is 1.32 bits per heavy atom. The number of hydrazine groups is 1. The average Bonchev–Trinajstić information content (AvgIpc) is 2.82. The molecule has 0 aliphatic carbocycles. The molecule has 0 spiro atoms. The minimum Gasteiger partial charge on any atom is -0.497 e. The predicted molar refractivity (Wildman–Crippen MR) is 132 cm³/mol. The molecule has 0 aliphatic heterocycles. The first-order chi connectivity index (χ1) is 15.9. The van der Waals surface area contributed by atoms with Crippen LogP contribution in [-0.2, 0) is 30.1 Å². The molecule has 3 rings (SSSR count). The van der Waals surface area contributed by atoms with Gasteiger partial charge < -0.3 is 9.47 Å². The Kier molecular flexibility index (Phi) is 7.89. The third-order valence-corrected chi connectivity index (χ3v) is 10.7. The lowest BCUT2D eigenvalue weighted by molar-refractivity contribution is 0.414. The molecule has 181 valence electrons. The summed E-state index contributed by atoms with van der Waals surface area (Å²) in [7, 11) is -11.7. The molecule has 0 aromatic heterocycles. The molecule has 0 fully saturated rings. The van der Waals surface area contributed by atoms with Crippen LogP contribution in [0.15, 0.2) is 87.5 Å². The van der Waals surface area contributed by atoms with Gasteiger partial charge in [0.25, 0.3) is 10.0 Å². The van der Waals surface area contributed by atoms with E-state index in [-0.39, 0.29) is 8.72 Å². The lowest BCUT2D eigenvalue weighted by atomic mass is 10.3. The normalized spacial score (nSPS) is 12.5. The Bertz CT molecular complexity index is 1400. The molecule has 3 aromatic carbocycles. The van der Waals surface area contributed by atoms with E-state index >= 15 is 0 Å². The fourth-order valence-electron chi connectivity index (χ4n) is 2.68. The van der Waals surface area contributed by atoms with Crippen LogP contribution < -0.4 is 18.1 Å². The third kappa shape index (κ3) is 5.52. The molecule has 14 heteroatoms. The molecular formula is C20H19IN2O8S3+. The summed E-state index contributed by atoms with van der Waals surface area (Å²) in [5, 5.41) is 0. The smallest absolute Gasteiger partial charge is 0.410 e. The number of nitrogens with one attached hydrogen (secondary N) is 1. The lowest BCUT2D eigenvalue weighted by Crippen LogP contribution is -2.54. The van der Waals surface area contributed by atoms with Gasteiger partial charge in [0.15, 0.2) is 3.82 Å². The summed E-state index contributed by atoms with van der Waals surface area (Å²) in [6, 6.07) is 15.0. The Morgan fingerprint density at radius 2 is 0.971 bits per heavy atom. The number of sulfonamides is 3. The maximum absolute atomic E-state index is 13.4. The molecule has 0 heterocycles. The van der Waals surface area contributed by atoms with Crippen molar-refractivity contribution in [2.24, 2.45) is 0 Å². The van der Waals surface area contributed by atoms with E-state index in [1.807, 2.05) is 22.6 Å². The molecule has 1 N–H and O–H groups in total. The van der Waals surface area contributed by atoms with Gasteiger partial charge >= 0.3 is 20.0 Å². The first-order valence-corrected chi connectivity index (χ1v) is 14.7. The quantitative estimate of drug-likeness (QED) is 0.214. The Balaban J connectivity index is 2.16. The molecule has 0 unspecified atom stereocenters. The van der Waals surface area contributed by atoms with Crippen molar-refractivity contribution in [1.29, 1.82) is 0 Å². The van der Waals surface area contributed by atoms with E-state index in [1.165, 1.54) is 62.8 Å². The van der Waals surface area contributed by atoms with Crippen LogP contribution in [-0.4, -0.2) is 39.5 Å². The average molecular weight is 638 g/mol. The molecule has 0 saturated carbocycles. The molecule has 0 amide bonds. The Hall–Kier alpha value is -2.24. The summed E-state index contributed by atoms with van der Waals surface area (Å²) in [6.07, 6.45) is 0. The van der Waals surface area contributed by atoms with Gasteiger partial charge in [-0.05, 0) is 95.4 Å². The Morgan fingerprint density at radius 1 is 0.618 bits per heavy atom. The van der Waals surface area contributed by atoms with Gasteiger partial charge in [-0.3, -0.25) is 0 Å². The fraction of sp³-hybridized carbons (Fsp3) is 0.100. The molecule has 3 aromatic rings. The van der Waals surface area contributed by atoms with Gasteiger partial charge in [0.2, 0.25) is 0 Å². The van der Waals surface area contributed by atoms with E-state index in [0.717, 1.165) is 27.8 Å². The van der Waals surface area contributed by atoms with E-state index in [1.54, 1.807) is 4.83 Å². The van der Waals surface area contributed by atoms with Crippen LogP contribution in [0.4, 0.5) is 0 Å². The summed E-state index contributed by atoms with van der Waals surface area (Å²) in [5.41, 5.74) is 0. The molecule has 0 saturated heterocycles. The zero-order chi connectivity index (χ0) is 25.1. The second kappa shape index (κ2) is 10.2. The van der Waals surface area contributed by atoms with Gasteiger partial charge in [0.1, 0.15) is 21.3 Å². The number of halogens is 1. The van der Waals surface area contributed by atoms with Crippen molar-refractivity contribution >= 4 is 52.7 Å². The van der Waals surface area contributed by atoms with Gasteiger partial charge in [-0.15, -0.1) is 0 Å². The summed E-state index contributed by atoms with van der Waals surface area (Å²) < 4.78 is 90.0. The SMILES string of the molecule is COc1ccc(S(=O)(=O)[N+](NS(=O)(=O)c2ccc(I)cc2)S(=O)(=O)c2ccc(OC)cc2)cc1. The van der Waals surface area contributed by atoms with Crippen LogP contribution in [0, 0.1) is 3.57 Å². The molecule has 1 radical (unpaired) electrons. The molecule has 10 nitrogen and oxygen atoms in total. The van der Waals surface area contributed by atoms with Gasteiger partial charge in [-0.1, -0.05) is 0 Å². The number of ether oxygens (including phenoxy) is 2. The molecule has 0 bridgehead atoms. The number of benzene rings is 3. The number of hydrogen-bond acceptors (Lipinski definition) is 8. The number of methoxy groups -OCH3 is 2. The van der Waals surface area contributed by atoms with Gasteiger partial charge in [-0.25, -0.2) is 8.42 Å². The van der Waals surface area contributed by atoms with E-state index in [0.29, 0.717) is 11.5 Å². The molecule has 0 aliphatic rings. The highest BCUT2D eigenvalue weighted by Crippen LogP contribution is 2.25. The van der Waals surface area contributed by atoms with E-state index in [4.69, 9.17) is 9.47 Å². The minimum absolute atomic E-state index is 0.253. The fourth-order valence-corrected chi connectivity index (χ4v) is 8.10. The van der Waals surface area contributed by atoms with Crippen molar-refractivity contribution in [3.05, 3.63) is 76.4 Å². The van der Waals surface area contributed by atoms with Crippen LogP contribution in [0.2, 0.25) is 0 Å². The minimum atomic E-state index is -4.93. The zero-order valence-corrected chi connectivity index (χ0v) is 22.4. The summed E-state index contributed by atoms with van der Waals surface area (Å²) in [6.45, 7) is 0. The van der Waals surface area contributed by atoms with Crippen LogP contribution in [0.3, 0.4) is 0 Å². The van der Waals surface area contributed by atoms with E-state index in [2.05, 4.69) is 0 Å². The van der Waals surface area contributed by atoms with Crippen LogP contribution >= 0.6 is 22.6 Å². The highest BCUT2D eigenvalue weighted by atomic mass is 127. The topological polar surface area (TPSA) is 139 Å². The zero-order valence-electron chi connectivity index (χ0n) is 17.7. The largest absolute Gasteiger partial charge is 0.497 e. The molecule has 0 atom stereocenters. The summed E-state index contributed by atoms with van der Waals surface area (Å²) >= 11 is 1.96. The highest BCUT2D eigenvalue weighted by Gasteiger charge is 2.52. The summed E-state index contributed by atoms with van der Waals surface area (Å²) in [4.78, 5) is 0.450. The van der Waals surface area contributed by atoms with Crippen LogP contribution in [0.1, 0.15) is 0 Å². The Labute approximate surface area is 211 Å². The van der Waals surface area contributed by atoms with Crippen molar-refractivity contribution in [2.45, 2.75) is 14.7 Å². The first-order valence-electron chi connectivity index (χ1n) is 9.28. The van der Waals surface area contributed by atoms with E-state index < -0.39 is 39.9 Å². The number of nitrogens with zero attached hydrogens (tertiary/aromatic N) is 1. The van der Waals surface area contributed by atoms with Crippen LogP contribution in [0.5, 0.6) is 11.5 Å². The highest BCUT2D eigenvalue weighted by molar-refractivity contribution is 14.1. The second-order valence-electron chi connectivity index (χ2n) is 6.61. The second-order valence-corrected chi connectivity index (χ2v) is 13.3. The van der Waals surface area contributed by atoms with Gasteiger partial charge in [0.05, 0.1) is 19.1 Å². The van der Waals surface area contributed by atoms with Crippen molar-refractivity contribution in [2.75, 3.05) is 14.2 Å². The van der Waals surface area contributed by atoms with Gasteiger partial charge in [0, 0.05) is 8.40 Å². The lowest BCUT2D eigenvalue weighted by Gasteiger charge is -2.13. The standard InChI is InChI=1S/C20H19IN2O8S3/c1-30-16-5-11-19(12-6-16)33(26,27)23(22-32(24,25)18-9-3-15(21)4-10-18)34(28,29)20-13-7-17(31-2)8-14-20/h3-14,22H,1-2H3/q+1. The van der Waals surface area contributed by atoms with Gasteiger partial charge in [-0.2, -0.15) is 16.8 Å². The number of rotatable bonds is 9.